The van der Waals surface area contributed by atoms with E-state index in [9.17, 15) is 29.3 Å². The van der Waals surface area contributed by atoms with Crippen LogP contribution in [0.1, 0.15) is 55.5 Å². The van der Waals surface area contributed by atoms with E-state index in [4.69, 9.17) is 18.9 Å². The van der Waals surface area contributed by atoms with E-state index in [2.05, 4.69) is 10.6 Å². The number of carbonyl (C=O) groups is 4. The standard InChI is InChI=1S/C31H33N3O10/c1-18-26(30(37)43-16-15-42-29(36)21-10-12-22(13-11-21)33-20(3)35)28(24-8-4-5-9-25(24)34(39)40)27(19(2)32-18)31(38)44-17-23-7-6-14-41-23/h4-5,8-13,23,28,32H,6-7,14-17H2,1-3H3,(H,33,35)/t23-,28+/m1/s1. The van der Waals surface area contributed by atoms with Gasteiger partial charge in [-0.15, -0.1) is 0 Å². The number of para-hydroxylation sites is 1. The molecule has 1 saturated heterocycles. The summed E-state index contributed by atoms with van der Waals surface area (Å²) < 4.78 is 21.7. The quantitative estimate of drug-likeness (QED) is 0.125. The smallest absolute Gasteiger partial charge is 0.338 e. The number of nitro groups is 1. The van der Waals surface area contributed by atoms with Gasteiger partial charge in [0.25, 0.3) is 5.69 Å². The van der Waals surface area contributed by atoms with Crippen LogP contribution >= 0.6 is 0 Å². The van der Waals surface area contributed by atoms with Crippen LogP contribution in [-0.2, 0) is 33.3 Å². The lowest BCUT2D eigenvalue weighted by Crippen LogP contribution is -2.33. The molecule has 0 saturated carbocycles. The summed E-state index contributed by atoms with van der Waals surface area (Å²) in [6.07, 6.45) is 1.34. The SMILES string of the molecule is CC(=O)Nc1ccc(C(=O)OCCOC(=O)C2=C(C)NC(C)=C(C(=O)OC[C@H]3CCCO3)[C@H]2c2ccccc2[N+](=O)[O-])cc1. The highest BCUT2D eigenvalue weighted by atomic mass is 16.6. The first-order valence-corrected chi connectivity index (χ1v) is 14.0. The second-order valence-electron chi connectivity index (χ2n) is 10.2. The summed E-state index contributed by atoms with van der Waals surface area (Å²) in [4.78, 5) is 61.9. The maximum absolute atomic E-state index is 13.5. The van der Waals surface area contributed by atoms with Crippen LogP contribution in [0.25, 0.3) is 0 Å². The predicted octanol–water partition coefficient (Wildman–Crippen LogP) is 3.91. The van der Waals surface area contributed by atoms with E-state index in [1.54, 1.807) is 32.0 Å². The summed E-state index contributed by atoms with van der Waals surface area (Å²) >= 11 is 0. The Balaban J connectivity index is 1.50. The molecule has 2 atom stereocenters. The van der Waals surface area contributed by atoms with Crippen molar-refractivity contribution in [3.05, 3.63) is 92.3 Å². The minimum atomic E-state index is -1.17. The Labute approximate surface area is 253 Å². The van der Waals surface area contributed by atoms with Crippen LogP contribution in [0.4, 0.5) is 11.4 Å². The first kappa shape index (κ1) is 31.9. The van der Waals surface area contributed by atoms with Crippen molar-refractivity contribution >= 4 is 35.2 Å². The number of nitrogens with zero attached hydrogens (tertiary/aromatic N) is 1. The molecule has 0 radical (unpaired) electrons. The van der Waals surface area contributed by atoms with Crippen LogP contribution in [0.15, 0.2) is 71.1 Å². The van der Waals surface area contributed by atoms with Gasteiger partial charge in [-0.1, -0.05) is 18.2 Å². The lowest BCUT2D eigenvalue weighted by atomic mass is 9.79. The first-order valence-electron chi connectivity index (χ1n) is 14.0. The van der Waals surface area contributed by atoms with Gasteiger partial charge in [0.1, 0.15) is 19.8 Å². The molecule has 1 amide bonds. The number of nitro benzene ring substituents is 1. The molecular weight excluding hydrogens is 574 g/mol. The summed E-state index contributed by atoms with van der Waals surface area (Å²) in [6.45, 7) is 4.56. The molecule has 2 aromatic carbocycles. The molecule has 0 bridgehead atoms. The summed E-state index contributed by atoms with van der Waals surface area (Å²) in [7, 11) is 0. The van der Waals surface area contributed by atoms with Crippen molar-refractivity contribution < 1.29 is 43.0 Å². The van der Waals surface area contributed by atoms with Crippen molar-refractivity contribution in [3.8, 4) is 0 Å². The number of carbonyl (C=O) groups excluding carboxylic acids is 4. The molecule has 2 aliphatic heterocycles. The summed E-state index contributed by atoms with van der Waals surface area (Å²) in [5.74, 6) is -3.70. The average Bonchev–Trinajstić information content (AvgIpc) is 3.51. The second-order valence-corrected chi connectivity index (χ2v) is 10.2. The third-order valence-electron chi connectivity index (χ3n) is 7.06. The Bertz CT molecular complexity index is 1510. The van der Waals surface area contributed by atoms with Crippen molar-refractivity contribution in [3.63, 3.8) is 0 Å². The highest BCUT2D eigenvalue weighted by molar-refractivity contribution is 6.00. The molecule has 13 heteroatoms. The van der Waals surface area contributed by atoms with Crippen molar-refractivity contribution in [2.24, 2.45) is 0 Å². The predicted molar refractivity (Wildman–Crippen MR) is 156 cm³/mol. The number of ether oxygens (including phenoxy) is 4. The van der Waals surface area contributed by atoms with Crippen LogP contribution in [-0.4, -0.2) is 61.3 Å². The normalized spacial score (nSPS) is 17.9. The summed E-state index contributed by atoms with van der Waals surface area (Å²) in [6, 6.07) is 11.9. The first-order chi connectivity index (χ1) is 21.1. The average molecular weight is 608 g/mol. The Kier molecular flexibility index (Phi) is 10.5. The van der Waals surface area contributed by atoms with Crippen LogP contribution < -0.4 is 10.6 Å². The molecular formula is C31H33N3O10. The Morgan fingerprint density at radius 2 is 1.55 bits per heavy atom. The molecule has 0 aliphatic carbocycles. The summed E-state index contributed by atoms with van der Waals surface area (Å²) in [5.41, 5.74) is 1.29. The number of allylic oxidation sites excluding steroid dienone is 2. The minimum absolute atomic E-state index is 0.00300. The van der Waals surface area contributed by atoms with Crippen molar-refractivity contribution in [1.82, 2.24) is 5.32 Å². The second kappa shape index (κ2) is 14.4. The number of anilines is 1. The number of benzene rings is 2. The Morgan fingerprint density at radius 3 is 2.14 bits per heavy atom. The number of dihydropyridines is 1. The van der Waals surface area contributed by atoms with Gasteiger partial charge in [-0.2, -0.15) is 0 Å². The van der Waals surface area contributed by atoms with Crippen molar-refractivity contribution in [2.75, 3.05) is 31.7 Å². The third-order valence-corrected chi connectivity index (χ3v) is 7.06. The van der Waals surface area contributed by atoms with Crippen molar-refractivity contribution in [2.45, 2.75) is 45.6 Å². The van der Waals surface area contributed by atoms with E-state index in [1.165, 1.54) is 37.3 Å². The number of esters is 3. The Hall–Kier alpha value is -5.04. The fourth-order valence-corrected chi connectivity index (χ4v) is 5.09. The molecule has 4 rings (SSSR count). The van der Waals surface area contributed by atoms with Gasteiger partial charge >= 0.3 is 17.9 Å². The van der Waals surface area contributed by atoms with E-state index in [-0.39, 0.29) is 59.8 Å². The van der Waals surface area contributed by atoms with Gasteiger partial charge in [0.2, 0.25) is 5.91 Å². The topological polar surface area (TPSA) is 172 Å². The highest BCUT2D eigenvalue weighted by Gasteiger charge is 2.41. The lowest BCUT2D eigenvalue weighted by Gasteiger charge is -2.30. The van der Waals surface area contributed by atoms with Gasteiger partial charge in [0.05, 0.1) is 33.7 Å². The number of hydrogen-bond acceptors (Lipinski definition) is 11. The van der Waals surface area contributed by atoms with Crippen LogP contribution in [0.2, 0.25) is 0 Å². The number of nitrogens with one attached hydrogen (secondary N) is 2. The van der Waals surface area contributed by atoms with E-state index in [0.717, 1.165) is 12.8 Å². The molecule has 2 N–H and O–H groups in total. The largest absolute Gasteiger partial charge is 0.459 e. The van der Waals surface area contributed by atoms with Gasteiger partial charge < -0.3 is 29.6 Å². The van der Waals surface area contributed by atoms with E-state index >= 15 is 0 Å². The number of hydrogen-bond donors (Lipinski definition) is 2. The zero-order valence-corrected chi connectivity index (χ0v) is 24.5. The van der Waals surface area contributed by atoms with E-state index in [1.807, 2.05) is 0 Å². The maximum Gasteiger partial charge on any atom is 0.338 e. The van der Waals surface area contributed by atoms with Crippen molar-refractivity contribution in [1.29, 1.82) is 0 Å². The lowest BCUT2D eigenvalue weighted by molar-refractivity contribution is -0.385. The monoisotopic (exact) mass is 607 g/mol. The molecule has 0 unspecified atom stereocenters. The van der Waals surface area contributed by atoms with E-state index < -0.39 is 28.7 Å². The van der Waals surface area contributed by atoms with Crippen LogP contribution in [0.3, 0.4) is 0 Å². The van der Waals surface area contributed by atoms with Gasteiger partial charge in [-0.25, -0.2) is 14.4 Å². The molecule has 1 fully saturated rings. The zero-order valence-electron chi connectivity index (χ0n) is 24.5. The molecule has 232 valence electrons. The van der Waals surface area contributed by atoms with Gasteiger partial charge in [-0.05, 0) is 51.0 Å². The molecule has 44 heavy (non-hydrogen) atoms. The fourth-order valence-electron chi connectivity index (χ4n) is 5.09. The Morgan fingerprint density at radius 1 is 0.932 bits per heavy atom. The number of rotatable bonds is 11. The van der Waals surface area contributed by atoms with E-state index in [0.29, 0.717) is 23.7 Å². The molecule has 0 spiro atoms. The molecule has 2 aliphatic rings. The molecule has 13 nitrogen and oxygen atoms in total. The molecule has 0 aromatic heterocycles. The third kappa shape index (κ3) is 7.67. The highest BCUT2D eigenvalue weighted by Crippen LogP contribution is 2.42. The fraction of sp³-hybridized carbons (Fsp3) is 0.355. The summed E-state index contributed by atoms with van der Waals surface area (Å²) in [5, 5.41) is 17.6. The molecule has 2 heterocycles. The van der Waals surface area contributed by atoms with Gasteiger partial charge in [0, 0.05) is 42.2 Å². The van der Waals surface area contributed by atoms with Gasteiger partial charge in [0.15, 0.2) is 0 Å². The maximum atomic E-state index is 13.5. The minimum Gasteiger partial charge on any atom is -0.459 e. The van der Waals surface area contributed by atoms with Gasteiger partial charge in [-0.3, -0.25) is 14.9 Å². The van der Waals surface area contributed by atoms with Crippen LogP contribution in [0, 0.1) is 10.1 Å². The van der Waals surface area contributed by atoms with Crippen LogP contribution in [0.5, 0.6) is 0 Å². The zero-order chi connectivity index (χ0) is 31.8. The number of amides is 1. The molecule has 2 aromatic rings.